The fourth-order valence-corrected chi connectivity index (χ4v) is 1.66. The normalized spacial score (nSPS) is 11.5. The van der Waals surface area contributed by atoms with E-state index in [0.29, 0.717) is 17.0 Å². The number of ether oxygens (including phenoxy) is 1. The molecule has 2 aromatic carbocycles. The lowest BCUT2D eigenvalue weighted by Crippen LogP contribution is -2.30. The molecule has 1 unspecified atom stereocenters. The number of benzene rings is 2. The summed E-state index contributed by atoms with van der Waals surface area (Å²) in [4.78, 5) is 22.5. The summed E-state index contributed by atoms with van der Waals surface area (Å²) in [5.74, 6) is -0.226. The average molecular weight is 287 g/mol. The number of aldehydes is 1. The van der Waals surface area contributed by atoms with E-state index in [1.165, 1.54) is 24.3 Å². The highest BCUT2D eigenvalue weighted by Gasteiger charge is 2.14. The third kappa shape index (κ3) is 4.14. The minimum absolute atomic E-state index is 0.346. The molecule has 1 atom stereocenters. The van der Waals surface area contributed by atoms with Crippen LogP contribution in [-0.2, 0) is 4.79 Å². The van der Waals surface area contributed by atoms with Crippen LogP contribution in [0.1, 0.15) is 17.3 Å². The number of carbonyl (C=O) groups excluding carboxylic acids is 2. The van der Waals surface area contributed by atoms with Gasteiger partial charge in [-0.25, -0.2) is 4.39 Å². The van der Waals surface area contributed by atoms with Crippen LogP contribution >= 0.6 is 0 Å². The summed E-state index contributed by atoms with van der Waals surface area (Å²) in [6.07, 6.45) is 0.00573. The quantitative estimate of drug-likeness (QED) is 0.860. The van der Waals surface area contributed by atoms with Crippen LogP contribution in [0.4, 0.5) is 10.1 Å². The number of amides is 1. The van der Waals surface area contributed by atoms with Gasteiger partial charge in [0.05, 0.1) is 0 Å². The summed E-state index contributed by atoms with van der Waals surface area (Å²) in [5, 5.41) is 2.62. The molecule has 1 N–H and O–H groups in total. The Kier molecular flexibility index (Phi) is 4.66. The monoisotopic (exact) mass is 287 g/mol. The Labute approximate surface area is 121 Å². The SMILES string of the molecule is CC(Oc1ccc(C=O)cc1)C(=O)Nc1ccc(F)cc1. The Morgan fingerprint density at radius 1 is 1.14 bits per heavy atom. The van der Waals surface area contributed by atoms with Gasteiger partial charge in [-0.3, -0.25) is 9.59 Å². The van der Waals surface area contributed by atoms with Crippen LogP contribution in [0.25, 0.3) is 0 Å². The Morgan fingerprint density at radius 2 is 1.76 bits per heavy atom. The van der Waals surface area contributed by atoms with E-state index in [-0.39, 0.29) is 11.7 Å². The van der Waals surface area contributed by atoms with Crippen molar-refractivity contribution in [3.05, 3.63) is 59.9 Å². The van der Waals surface area contributed by atoms with Crippen LogP contribution < -0.4 is 10.1 Å². The van der Waals surface area contributed by atoms with Crippen LogP contribution in [0.5, 0.6) is 5.75 Å². The van der Waals surface area contributed by atoms with E-state index in [1.54, 1.807) is 31.2 Å². The van der Waals surface area contributed by atoms with E-state index < -0.39 is 6.10 Å². The van der Waals surface area contributed by atoms with E-state index >= 15 is 0 Å². The number of hydrogen-bond donors (Lipinski definition) is 1. The zero-order valence-electron chi connectivity index (χ0n) is 11.4. The van der Waals surface area contributed by atoms with Crippen molar-refractivity contribution in [3.8, 4) is 5.75 Å². The molecule has 2 rings (SSSR count). The van der Waals surface area contributed by atoms with Gasteiger partial charge < -0.3 is 10.1 Å². The Morgan fingerprint density at radius 3 is 2.33 bits per heavy atom. The third-order valence-electron chi connectivity index (χ3n) is 2.81. The fourth-order valence-electron chi connectivity index (χ4n) is 1.66. The second-order valence-electron chi connectivity index (χ2n) is 4.44. The lowest BCUT2D eigenvalue weighted by molar-refractivity contribution is -0.122. The first-order chi connectivity index (χ1) is 10.1. The predicted molar refractivity (Wildman–Crippen MR) is 76.9 cm³/mol. The highest BCUT2D eigenvalue weighted by molar-refractivity contribution is 5.94. The minimum Gasteiger partial charge on any atom is -0.481 e. The molecule has 0 aliphatic carbocycles. The lowest BCUT2D eigenvalue weighted by atomic mass is 10.2. The van der Waals surface area contributed by atoms with Crippen molar-refractivity contribution in [2.45, 2.75) is 13.0 Å². The third-order valence-corrected chi connectivity index (χ3v) is 2.81. The van der Waals surface area contributed by atoms with Gasteiger partial charge in [0, 0.05) is 11.3 Å². The molecule has 5 heteroatoms. The molecule has 21 heavy (non-hydrogen) atoms. The van der Waals surface area contributed by atoms with Crippen LogP contribution in [0, 0.1) is 5.82 Å². The number of nitrogens with one attached hydrogen (secondary N) is 1. The molecule has 2 aromatic rings. The van der Waals surface area contributed by atoms with E-state index in [0.717, 1.165) is 6.29 Å². The first-order valence-electron chi connectivity index (χ1n) is 6.37. The molecule has 0 aliphatic rings. The molecule has 4 nitrogen and oxygen atoms in total. The van der Waals surface area contributed by atoms with E-state index in [4.69, 9.17) is 4.74 Å². The van der Waals surface area contributed by atoms with Gasteiger partial charge >= 0.3 is 0 Å². The molecule has 0 fully saturated rings. The second kappa shape index (κ2) is 6.65. The number of anilines is 1. The number of hydrogen-bond acceptors (Lipinski definition) is 3. The Bertz CT molecular complexity index is 623. The summed E-state index contributed by atoms with van der Waals surface area (Å²) in [6, 6.07) is 11.9. The summed E-state index contributed by atoms with van der Waals surface area (Å²) < 4.78 is 18.2. The van der Waals surface area contributed by atoms with Gasteiger partial charge in [0.1, 0.15) is 17.9 Å². The smallest absolute Gasteiger partial charge is 0.265 e. The van der Waals surface area contributed by atoms with Crippen molar-refractivity contribution < 1.29 is 18.7 Å². The number of rotatable bonds is 5. The molecular formula is C16H14FNO3. The van der Waals surface area contributed by atoms with Crippen LogP contribution in [-0.4, -0.2) is 18.3 Å². The van der Waals surface area contributed by atoms with Crippen molar-refractivity contribution >= 4 is 17.9 Å². The predicted octanol–water partition coefficient (Wildman–Crippen LogP) is 3.04. The first kappa shape index (κ1) is 14.7. The fraction of sp³-hybridized carbons (Fsp3) is 0.125. The van der Waals surface area contributed by atoms with Gasteiger partial charge in [-0.2, -0.15) is 0 Å². The highest BCUT2D eigenvalue weighted by Crippen LogP contribution is 2.14. The Balaban J connectivity index is 1.95. The van der Waals surface area contributed by atoms with Crippen LogP contribution in [0.15, 0.2) is 48.5 Å². The van der Waals surface area contributed by atoms with Gasteiger partial charge in [-0.1, -0.05) is 0 Å². The standard InChI is InChI=1S/C16H14FNO3/c1-11(21-15-8-2-12(10-19)3-9-15)16(20)18-14-6-4-13(17)5-7-14/h2-11H,1H3,(H,18,20). The van der Waals surface area contributed by atoms with E-state index in [1.807, 2.05) is 0 Å². The maximum absolute atomic E-state index is 12.8. The highest BCUT2D eigenvalue weighted by atomic mass is 19.1. The summed E-state index contributed by atoms with van der Waals surface area (Å²) in [6.45, 7) is 1.60. The van der Waals surface area contributed by atoms with Crippen molar-refractivity contribution in [3.63, 3.8) is 0 Å². The average Bonchev–Trinajstić information content (AvgIpc) is 2.50. The zero-order valence-corrected chi connectivity index (χ0v) is 11.4. The molecule has 0 aliphatic heterocycles. The van der Waals surface area contributed by atoms with Gasteiger partial charge in [0.25, 0.3) is 5.91 Å². The molecule has 0 heterocycles. The molecule has 0 radical (unpaired) electrons. The molecule has 0 saturated carbocycles. The maximum atomic E-state index is 12.8. The summed E-state index contributed by atoms with van der Waals surface area (Å²) >= 11 is 0. The molecule has 0 aromatic heterocycles. The molecule has 0 bridgehead atoms. The van der Waals surface area contributed by atoms with Gasteiger partial charge in [-0.05, 0) is 55.5 Å². The largest absolute Gasteiger partial charge is 0.481 e. The second-order valence-corrected chi connectivity index (χ2v) is 4.44. The van der Waals surface area contributed by atoms with Crippen molar-refractivity contribution in [1.29, 1.82) is 0 Å². The molecule has 0 spiro atoms. The Hall–Kier alpha value is -2.69. The summed E-state index contributed by atoms with van der Waals surface area (Å²) in [5.41, 5.74) is 1.03. The maximum Gasteiger partial charge on any atom is 0.265 e. The van der Waals surface area contributed by atoms with Crippen LogP contribution in [0.2, 0.25) is 0 Å². The van der Waals surface area contributed by atoms with E-state index in [9.17, 15) is 14.0 Å². The van der Waals surface area contributed by atoms with Gasteiger partial charge in [0.2, 0.25) is 0 Å². The zero-order chi connectivity index (χ0) is 15.2. The molecular weight excluding hydrogens is 273 g/mol. The van der Waals surface area contributed by atoms with Crippen LogP contribution in [0.3, 0.4) is 0 Å². The lowest BCUT2D eigenvalue weighted by Gasteiger charge is -2.14. The van der Waals surface area contributed by atoms with Crippen molar-refractivity contribution in [2.24, 2.45) is 0 Å². The topological polar surface area (TPSA) is 55.4 Å². The van der Waals surface area contributed by atoms with Crippen molar-refractivity contribution in [2.75, 3.05) is 5.32 Å². The number of carbonyl (C=O) groups is 2. The van der Waals surface area contributed by atoms with E-state index in [2.05, 4.69) is 5.32 Å². The molecule has 0 saturated heterocycles. The first-order valence-corrected chi connectivity index (χ1v) is 6.37. The summed E-state index contributed by atoms with van der Waals surface area (Å²) in [7, 11) is 0. The number of halogens is 1. The van der Waals surface area contributed by atoms with Gasteiger partial charge in [-0.15, -0.1) is 0 Å². The molecule has 1 amide bonds. The molecule has 108 valence electrons. The van der Waals surface area contributed by atoms with Crippen molar-refractivity contribution in [1.82, 2.24) is 0 Å². The van der Waals surface area contributed by atoms with Gasteiger partial charge in [0.15, 0.2) is 6.10 Å². The minimum atomic E-state index is -0.725.